The van der Waals surface area contributed by atoms with Crippen LogP contribution in [0, 0.1) is 5.92 Å². The van der Waals surface area contributed by atoms with E-state index in [0.717, 1.165) is 24.4 Å². The summed E-state index contributed by atoms with van der Waals surface area (Å²) in [6, 6.07) is 4.04. The summed E-state index contributed by atoms with van der Waals surface area (Å²) in [6.07, 6.45) is 10.1. The first-order valence-corrected chi connectivity index (χ1v) is 6.96. The van der Waals surface area contributed by atoms with E-state index in [1.54, 1.807) is 6.20 Å². The highest BCUT2D eigenvalue weighted by Gasteiger charge is 2.21. The van der Waals surface area contributed by atoms with Gasteiger partial charge in [-0.15, -0.1) is 0 Å². The van der Waals surface area contributed by atoms with Crippen LogP contribution in [0.25, 0.3) is 5.65 Å². The van der Waals surface area contributed by atoms with Gasteiger partial charge in [0.2, 0.25) is 0 Å². The van der Waals surface area contributed by atoms with Crippen LogP contribution in [0.4, 0.5) is 0 Å². The Bertz CT molecular complexity index is 582. The SMILES string of the molecule is CC1CCC(NC(=O)c2cccn3ccnc23)CC1. The van der Waals surface area contributed by atoms with Gasteiger partial charge in [0, 0.05) is 24.6 Å². The molecule has 100 valence electrons. The van der Waals surface area contributed by atoms with Crippen molar-refractivity contribution in [2.75, 3.05) is 0 Å². The van der Waals surface area contributed by atoms with Gasteiger partial charge in [-0.1, -0.05) is 6.92 Å². The Kier molecular flexibility index (Phi) is 3.23. The molecule has 2 aromatic rings. The van der Waals surface area contributed by atoms with E-state index in [4.69, 9.17) is 0 Å². The van der Waals surface area contributed by atoms with Crippen molar-refractivity contribution >= 4 is 11.6 Å². The first kappa shape index (κ1) is 12.2. The van der Waals surface area contributed by atoms with Crippen molar-refractivity contribution in [3.05, 3.63) is 36.3 Å². The second-order valence-electron chi connectivity index (χ2n) is 5.51. The molecule has 1 N–H and O–H groups in total. The van der Waals surface area contributed by atoms with Gasteiger partial charge in [0.05, 0.1) is 5.56 Å². The number of hydrogen-bond donors (Lipinski definition) is 1. The van der Waals surface area contributed by atoms with Crippen LogP contribution in [0.5, 0.6) is 0 Å². The predicted octanol–water partition coefficient (Wildman–Crippen LogP) is 2.64. The minimum absolute atomic E-state index is 0.00338. The van der Waals surface area contributed by atoms with Crippen LogP contribution in [0.1, 0.15) is 43.0 Å². The summed E-state index contributed by atoms with van der Waals surface area (Å²) in [5.41, 5.74) is 1.38. The van der Waals surface area contributed by atoms with E-state index in [9.17, 15) is 4.79 Å². The lowest BCUT2D eigenvalue weighted by molar-refractivity contribution is 0.0924. The lowest BCUT2D eigenvalue weighted by Gasteiger charge is -2.26. The van der Waals surface area contributed by atoms with Gasteiger partial charge >= 0.3 is 0 Å². The predicted molar refractivity (Wildman–Crippen MR) is 74.1 cm³/mol. The van der Waals surface area contributed by atoms with Gasteiger partial charge in [0.25, 0.3) is 5.91 Å². The summed E-state index contributed by atoms with van der Waals surface area (Å²) in [6.45, 7) is 2.28. The first-order valence-electron chi connectivity index (χ1n) is 6.96. The summed E-state index contributed by atoms with van der Waals surface area (Å²) in [5.74, 6) is 0.792. The summed E-state index contributed by atoms with van der Waals surface area (Å²) in [5, 5.41) is 3.15. The van der Waals surface area contributed by atoms with E-state index in [1.165, 1.54) is 12.8 Å². The standard InChI is InChI=1S/C15H19N3O/c1-11-4-6-12(7-5-11)17-15(19)13-3-2-9-18-10-8-16-14(13)18/h2-3,8-12H,4-7H2,1H3,(H,17,19). The van der Waals surface area contributed by atoms with Gasteiger partial charge < -0.3 is 9.72 Å². The lowest BCUT2D eigenvalue weighted by Crippen LogP contribution is -2.37. The number of nitrogens with zero attached hydrogens (tertiary/aromatic N) is 2. The minimum atomic E-state index is -0.00338. The average Bonchev–Trinajstić information content (AvgIpc) is 2.89. The van der Waals surface area contributed by atoms with Crippen LogP contribution in [-0.2, 0) is 0 Å². The largest absolute Gasteiger partial charge is 0.349 e. The zero-order valence-electron chi connectivity index (χ0n) is 11.2. The highest BCUT2D eigenvalue weighted by atomic mass is 16.1. The van der Waals surface area contributed by atoms with E-state index >= 15 is 0 Å². The van der Waals surface area contributed by atoms with E-state index in [-0.39, 0.29) is 5.91 Å². The molecular weight excluding hydrogens is 238 g/mol. The van der Waals surface area contributed by atoms with Crippen molar-refractivity contribution in [1.82, 2.24) is 14.7 Å². The summed E-state index contributed by atoms with van der Waals surface area (Å²) >= 11 is 0. The van der Waals surface area contributed by atoms with Crippen LogP contribution in [0.3, 0.4) is 0 Å². The number of carbonyl (C=O) groups excluding carboxylic acids is 1. The van der Waals surface area contributed by atoms with Gasteiger partial charge in [-0.2, -0.15) is 0 Å². The number of aromatic nitrogens is 2. The topological polar surface area (TPSA) is 46.4 Å². The molecule has 0 atom stereocenters. The zero-order valence-corrected chi connectivity index (χ0v) is 11.2. The number of pyridine rings is 1. The van der Waals surface area contributed by atoms with Crippen LogP contribution < -0.4 is 5.32 Å². The molecule has 1 amide bonds. The monoisotopic (exact) mass is 257 g/mol. The Morgan fingerprint density at radius 1 is 1.32 bits per heavy atom. The molecule has 1 saturated carbocycles. The molecule has 1 aliphatic rings. The first-order chi connectivity index (χ1) is 9.24. The molecule has 0 aromatic carbocycles. The summed E-state index contributed by atoms with van der Waals surface area (Å²) in [7, 11) is 0. The minimum Gasteiger partial charge on any atom is -0.349 e. The molecule has 1 aliphatic carbocycles. The summed E-state index contributed by atoms with van der Waals surface area (Å²) in [4.78, 5) is 16.6. The van der Waals surface area contributed by atoms with Crippen molar-refractivity contribution in [3.63, 3.8) is 0 Å². The fourth-order valence-corrected chi connectivity index (χ4v) is 2.79. The highest BCUT2D eigenvalue weighted by Crippen LogP contribution is 2.23. The van der Waals surface area contributed by atoms with Crippen molar-refractivity contribution in [3.8, 4) is 0 Å². The van der Waals surface area contributed by atoms with Crippen LogP contribution in [0.2, 0.25) is 0 Å². The number of fused-ring (bicyclic) bond motifs is 1. The average molecular weight is 257 g/mol. The van der Waals surface area contributed by atoms with Gasteiger partial charge in [0.15, 0.2) is 0 Å². The van der Waals surface area contributed by atoms with Gasteiger partial charge in [-0.25, -0.2) is 4.98 Å². The maximum atomic E-state index is 12.3. The maximum Gasteiger partial charge on any atom is 0.255 e. The molecule has 0 bridgehead atoms. The molecular formula is C15H19N3O. The van der Waals surface area contributed by atoms with E-state index in [1.807, 2.05) is 28.9 Å². The number of nitrogens with one attached hydrogen (secondary N) is 1. The van der Waals surface area contributed by atoms with E-state index < -0.39 is 0 Å². The van der Waals surface area contributed by atoms with E-state index in [0.29, 0.717) is 11.6 Å². The van der Waals surface area contributed by atoms with E-state index in [2.05, 4.69) is 17.2 Å². The quantitative estimate of drug-likeness (QED) is 0.899. The van der Waals surface area contributed by atoms with Crippen LogP contribution in [-0.4, -0.2) is 21.3 Å². The van der Waals surface area contributed by atoms with Gasteiger partial charge in [0.1, 0.15) is 5.65 Å². The molecule has 0 radical (unpaired) electrons. The van der Waals surface area contributed by atoms with Crippen molar-refractivity contribution < 1.29 is 4.79 Å². The van der Waals surface area contributed by atoms with Crippen LogP contribution in [0.15, 0.2) is 30.7 Å². The molecule has 4 nitrogen and oxygen atoms in total. The number of carbonyl (C=O) groups is 1. The Hall–Kier alpha value is -1.84. The fourth-order valence-electron chi connectivity index (χ4n) is 2.79. The number of rotatable bonds is 2. The van der Waals surface area contributed by atoms with Crippen molar-refractivity contribution in [2.24, 2.45) is 5.92 Å². The molecule has 0 unspecified atom stereocenters. The maximum absolute atomic E-state index is 12.3. The fraction of sp³-hybridized carbons (Fsp3) is 0.467. The third-order valence-corrected chi connectivity index (χ3v) is 4.01. The molecule has 2 heterocycles. The molecule has 4 heteroatoms. The second-order valence-corrected chi connectivity index (χ2v) is 5.51. The molecule has 0 saturated heterocycles. The molecule has 2 aromatic heterocycles. The molecule has 1 fully saturated rings. The zero-order chi connectivity index (χ0) is 13.2. The van der Waals surface area contributed by atoms with Gasteiger partial charge in [-0.05, 0) is 43.7 Å². The Morgan fingerprint density at radius 2 is 2.11 bits per heavy atom. The normalized spacial score (nSPS) is 23.4. The Labute approximate surface area is 112 Å². The highest BCUT2D eigenvalue weighted by molar-refractivity contribution is 5.99. The number of amides is 1. The van der Waals surface area contributed by atoms with Crippen LogP contribution >= 0.6 is 0 Å². The van der Waals surface area contributed by atoms with Crippen molar-refractivity contribution in [1.29, 1.82) is 0 Å². The molecule has 19 heavy (non-hydrogen) atoms. The van der Waals surface area contributed by atoms with Crippen molar-refractivity contribution in [2.45, 2.75) is 38.6 Å². The van der Waals surface area contributed by atoms with Gasteiger partial charge in [-0.3, -0.25) is 4.79 Å². The second kappa shape index (κ2) is 5.03. The summed E-state index contributed by atoms with van der Waals surface area (Å²) < 4.78 is 1.87. The molecule has 0 spiro atoms. The number of imidazole rings is 1. The smallest absolute Gasteiger partial charge is 0.255 e. The number of hydrogen-bond acceptors (Lipinski definition) is 2. The Morgan fingerprint density at radius 3 is 2.89 bits per heavy atom. The lowest BCUT2D eigenvalue weighted by atomic mass is 9.87. The Balaban J connectivity index is 1.75. The molecule has 3 rings (SSSR count). The third-order valence-electron chi connectivity index (χ3n) is 4.01. The molecule has 0 aliphatic heterocycles. The third kappa shape index (κ3) is 2.48.